The molecule has 0 aliphatic rings. The zero-order chi connectivity index (χ0) is 17.7. The molecule has 0 saturated heterocycles. The average Bonchev–Trinajstić information content (AvgIpc) is 2.57. The van der Waals surface area contributed by atoms with Crippen molar-refractivity contribution in [2.24, 2.45) is 0 Å². The summed E-state index contributed by atoms with van der Waals surface area (Å²) in [5.41, 5.74) is 1.39. The molecule has 2 aromatic carbocycles. The molecule has 0 radical (unpaired) electrons. The van der Waals surface area contributed by atoms with E-state index in [4.69, 9.17) is 25.8 Å². The number of aryl methyl sites for hydroxylation is 1. The van der Waals surface area contributed by atoms with E-state index in [9.17, 15) is 9.18 Å². The summed E-state index contributed by atoms with van der Waals surface area (Å²) in [7, 11) is 3.05. The molecule has 1 amide bonds. The number of amides is 1. The van der Waals surface area contributed by atoms with Gasteiger partial charge in [0.1, 0.15) is 11.6 Å². The van der Waals surface area contributed by atoms with Crippen molar-refractivity contribution in [2.45, 2.75) is 6.92 Å². The lowest BCUT2D eigenvalue weighted by molar-refractivity contribution is -0.118. The minimum absolute atomic E-state index is 0.0661. The molecule has 0 saturated carbocycles. The largest absolute Gasteiger partial charge is 0.493 e. The predicted octanol–water partition coefficient (Wildman–Crippen LogP) is 3.82. The summed E-state index contributed by atoms with van der Waals surface area (Å²) in [6.07, 6.45) is 0. The van der Waals surface area contributed by atoms with Crippen molar-refractivity contribution >= 4 is 23.2 Å². The Morgan fingerprint density at radius 3 is 2.46 bits per heavy atom. The summed E-state index contributed by atoms with van der Waals surface area (Å²) in [6, 6.07) is 7.31. The third kappa shape index (κ3) is 4.29. The molecule has 0 aliphatic carbocycles. The molecule has 5 nitrogen and oxygen atoms in total. The molecule has 2 aromatic rings. The van der Waals surface area contributed by atoms with Gasteiger partial charge in [0.2, 0.25) is 0 Å². The van der Waals surface area contributed by atoms with Gasteiger partial charge in [-0.3, -0.25) is 4.79 Å². The maximum atomic E-state index is 13.1. The molecule has 128 valence electrons. The minimum Gasteiger partial charge on any atom is -0.493 e. The molecule has 0 fully saturated rings. The van der Waals surface area contributed by atoms with Gasteiger partial charge in [0, 0.05) is 17.8 Å². The highest BCUT2D eigenvalue weighted by atomic mass is 35.5. The number of ether oxygens (including phenoxy) is 3. The van der Waals surface area contributed by atoms with Gasteiger partial charge in [-0.1, -0.05) is 11.6 Å². The first-order valence-corrected chi connectivity index (χ1v) is 7.42. The molecule has 7 heteroatoms. The van der Waals surface area contributed by atoms with Crippen LogP contribution in [0.3, 0.4) is 0 Å². The van der Waals surface area contributed by atoms with Crippen LogP contribution in [0.1, 0.15) is 5.56 Å². The van der Waals surface area contributed by atoms with Crippen LogP contribution in [0, 0.1) is 12.7 Å². The quantitative estimate of drug-likeness (QED) is 0.857. The third-order valence-corrected chi connectivity index (χ3v) is 3.56. The molecule has 2 rings (SSSR count). The SMILES string of the molecule is COc1cc(C)c(NC(=O)COc2ccc(F)c(Cl)c2)cc1OC. The number of anilines is 1. The average molecular weight is 354 g/mol. The van der Waals surface area contributed by atoms with Gasteiger partial charge in [-0.15, -0.1) is 0 Å². The predicted molar refractivity (Wildman–Crippen MR) is 89.8 cm³/mol. The highest BCUT2D eigenvalue weighted by molar-refractivity contribution is 6.30. The molecular formula is C17H17ClFNO4. The molecule has 0 heterocycles. The van der Waals surface area contributed by atoms with Crippen LogP contribution in [-0.2, 0) is 4.79 Å². The van der Waals surface area contributed by atoms with E-state index in [1.807, 2.05) is 6.92 Å². The monoisotopic (exact) mass is 353 g/mol. The van der Waals surface area contributed by atoms with E-state index in [1.165, 1.54) is 32.4 Å². The number of methoxy groups -OCH3 is 2. The molecule has 0 spiro atoms. The normalized spacial score (nSPS) is 10.2. The highest BCUT2D eigenvalue weighted by Crippen LogP contribution is 2.32. The smallest absolute Gasteiger partial charge is 0.262 e. The molecule has 1 N–H and O–H groups in total. The summed E-state index contributed by atoms with van der Waals surface area (Å²) in [6.45, 7) is 1.59. The first kappa shape index (κ1) is 17.9. The van der Waals surface area contributed by atoms with Gasteiger partial charge < -0.3 is 19.5 Å². The summed E-state index contributed by atoms with van der Waals surface area (Å²) in [5, 5.41) is 2.66. The van der Waals surface area contributed by atoms with E-state index < -0.39 is 5.82 Å². The number of benzene rings is 2. The maximum absolute atomic E-state index is 13.1. The molecule has 0 unspecified atom stereocenters. The number of nitrogens with one attached hydrogen (secondary N) is 1. The van der Waals surface area contributed by atoms with Crippen LogP contribution in [0.4, 0.5) is 10.1 Å². The summed E-state index contributed by atoms with van der Waals surface area (Å²) < 4.78 is 28.8. The summed E-state index contributed by atoms with van der Waals surface area (Å²) in [5.74, 6) is 0.468. The third-order valence-electron chi connectivity index (χ3n) is 3.27. The van der Waals surface area contributed by atoms with Gasteiger partial charge in [-0.25, -0.2) is 4.39 Å². The Bertz CT molecular complexity index is 752. The van der Waals surface area contributed by atoms with Gasteiger partial charge in [0.05, 0.1) is 19.2 Å². The number of carbonyl (C=O) groups is 1. The Morgan fingerprint density at radius 2 is 1.83 bits per heavy atom. The van der Waals surface area contributed by atoms with Crippen LogP contribution in [0.15, 0.2) is 30.3 Å². The van der Waals surface area contributed by atoms with Crippen LogP contribution in [0.2, 0.25) is 5.02 Å². The fraction of sp³-hybridized carbons (Fsp3) is 0.235. The second kappa shape index (κ2) is 7.88. The Hall–Kier alpha value is -2.47. The molecule has 24 heavy (non-hydrogen) atoms. The fourth-order valence-electron chi connectivity index (χ4n) is 2.02. The highest BCUT2D eigenvalue weighted by Gasteiger charge is 2.12. The van der Waals surface area contributed by atoms with Gasteiger partial charge in [-0.05, 0) is 30.7 Å². The number of halogens is 2. The van der Waals surface area contributed by atoms with E-state index in [-0.39, 0.29) is 17.5 Å². The van der Waals surface area contributed by atoms with Crippen molar-refractivity contribution < 1.29 is 23.4 Å². The van der Waals surface area contributed by atoms with Gasteiger partial charge in [0.15, 0.2) is 18.1 Å². The molecule has 0 aromatic heterocycles. The lowest BCUT2D eigenvalue weighted by Gasteiger charge is -2.14. The topological polar surface area (TPSA) is 56.8 Å². The first-order chi connectivity index (χ1) is 11.4. The minimum atomic E-state index is -0.547. The Kier molecular flexibility index (Phi) is 5.87. The van der Waals surface area contributed by atoms with E-state index in [0.717, 1.165) is 5.56 Å². The zero-order valence-electron chi connectivity index (χ0n) is 13.5. The first-order valence-electron chi connectivity index (χ1n) is 7.05. The van der Waals surface area contributed by atoms with Crippen LogP contribution in [0.5, 0.6) is 17.2 Å². The van der Waals surface area contributed by atoms with Crippen LogP contribution in [-0.4, -0.2) is 26.7 Å². The summed E-state index contributed by atoms with van der Waals surface area (Å²) in [4.78, 5) is 12.0. The van der Waals surface area contributed by atoms with Crippen molar-refractivity contribution in [3.8, 4) is 17.2 Å². The Morgan fingerprint density at radius 1 is 1.17 bits per heavy atom. The maximum Gasteiger partial charge on any atom is 0.262 e. The van der Waals surface area contributed by atoms with Gasteiger partial charge in [0.25, 0.3) is 5.91 Å². The van der Waals surface area contributed by atoms with E-state index in [1.54, 1.807) is 12.1 Å². The van der Waals surface area contributed by atoms with E-state index in [2.05, 4.69) is 5.32 Å². The van der Waals surface area contributed by atoms with E-state index in [0.29, 0.717) is 22.9 Å². The lowest BCUT2D eigenvalue weighted by atomic mass is 10.1. The fourth-order valence-corrected chi connectivity index (χ4v) is 2.19. The second-order valence-electron chi connectivity index (χ2n) is 4.93. The van der Waals surface area contributed by atoms with Gasteiger partial charge in [-0.2, -0.15) is 0 Å². The zero-order valence-corrected chi connectivity index (χ0v) is 14.2. The number of hydrogen-bond acceptors (Lipinski definition) is 4. The van der Waals surface area contributed by atoms with Crippen molar-refractivity contribution in [1.29, 1.82) is 0 Å². The second-order valence-corrected chi connectivity index (χ2v) is 5.34. The van der Waals surface area contributed by atoms with Crippen molar-refractivity contribution in [3.63, 3.8) is 0 Å². The molecule has 0 bridgehead atoms. The number of carbonyl (C=O) groups excluding carboxylic acids is 1. The van der Waals surface area contributed by atoms with Crippen LogP contribution in [0.25, 0.3) is 0 Å². The summed E-state index contributed by atoms with van der Waals surface area (Å²) >= 11 is 5.66. The van der Waals surface area contributed by atoms with Crippen molar-refractivity contribution in [3.05, 3.63) is 46.7 Å². The number of rotatable bonds is 6. The molecule has 0 atom stereocenters. The molecular weight excluding hydrogens is 337 g/mol. The van der Waals surface area contributed by atoms with Gasteiger partial charge >= 0.3 is 0 Å². The lowest BCUT2D eigenvalue weighted by Crippen LogP contribution is -2.20. The van der Waals surface area contributed by atoms with E-state index >= 15 is 0 Å². The standard InChI is InChI=1S/C17H17ClFNO4/c1-10-6-15(22-2)16(23-3)8-14(10)20-17(21)9-24-11-4-5-13(19)12(18)7-11/h4-8H,9H2,1-3H3,(H,20,21). The van der Waals surface area contributed by atoms with Crippen LogP contribution >= 0.6 is 11.6 Å². The molecule has 0 aliphatic heterocycles. The van der Waals surface area contributed by atoms with Crippen molar-refractivity contribution in [1.82, 2.24) is 0 Å². The Balaban J connectivity index is 2.03. The number of hydrogen-bond donors (Lipinski definition) is 1. The van der Waals surface area contributed by atoms with Crippen molar-refractivity contribution in [2.75, 3.05) is 26.1 Å². The van der Waals surface area contributed by atoms with Crippen LogP contribution < -0.4 is 19.5 Å². The Labute approximate surface area is 144 Å².